The Morgan fingerprint density at radius 3 is 2.52 bits per heavy atom. The third kappa shape index (κ3) is 3.48. The lowest BCUT2D eigenvalue weighted by Crippen LogP contribution is -2.49. The Bertz CT molecular complexity index is 1790. The lowest BCUT2D eigenvalue weighted by molar-refractivity contribution is -0.122. The first-order valence-electron chi connectivity index (χ1n) is 13.7. The maximum Gasteiger partial charge on any atom is 0.238 e. The van der Waals surface area contributed by atoms with Gasteiger partial charge >= 0.3 is 0 Å². The van der Waals surface area contributed by atoms with Gasteiger partial charge in [0.2, 0.25) is 5.91 Å². The number of hydrogen-bond donors (Lipinski definition) is 1. The van der Waals surface area contributed by atoms with Gasteiger partial charge in [-0.15, -0.1) is 0 Å². The molecular weight excluding hydrogens is 530 g/mol. The highest BCUT2D eigenvalue weighted by molar-refractivity contribution is 6.17. The molecular formula is C34H27N3O5. The zero-order valence-corrected chi connectivity index (χ0v) is 23.0. The summed E-state index contributed by atoms with van der Waals surface area (Å²) in [4.78, 5) is 50.1. The zero-order chi connectivity index (χ0) is 29.0. The lowest BCUT2D eigenvalue weighted by atomic mass is 9.62. The van der Waals surface area contributed by atoms with Crippen LogP contribution in [-0.4, -0.2) is 47.6 Å². The van der Waals surface area contributed by atoms with E-state index < -0.39 is 23.4 Å². The van der Waals surface area contributed by atoms with E-state index in [0.29, 0.717) is 33.9 Å². The molecule has 208 valence electrons. The van der Waals surface area contributed by atoms with Crippen molar-refractivity contribution in [3.05, 3.63) is 125 Å². The molecule has 1 spiro atoms. The number of rotatable bonds is 6. The second-order valence-electron chi connectivity index (χ2n) is 10.6. The van der Waals surface area contributed by atoms with E-state index in [1.807, 2.05) is 65.7 Å². The van der Waals surface area contributed by atoms with Gasteiger partial charge in [0.15, 0.2) is 11.6 Å². The number of aromatic nitrogens is 1. The summed E-state index contributed by atoms with van der Waals surface area (Å²) in [7, 11) is 3.02. The summed E-state index contributed by atoms with van der Waals surface area (Å²) in [5.74, 6) is -1.22. The van der Waals surface area contributed by atoms with Gasteiger partial charge in [-0.1, -0.05) is 42.5 Å². The molecule has 4 heterocycles. The summed E-state index contributed by atoms with van der Waals surface area (Å²) in [6.07, 6.45) is 6.86. The van der Waals surface area contributed by atoms with Gasteiger partial charge in [-0.05, 0) is 53.1 Å². The molecule has 4 aromatic rings. The minimum Gasteiger partial charge on any atom is -0.497 e. The van der Waals surface area contributed by atoms with Crippen LogP contribution < -0.4 is 14.8 Å². The summed E-state index contributed by atoms with van der Waals surface area (Å²) in [6, 6.07) is 21.9. The van der Waals surface area contributed by atoms with E-state index in [9.17, 15) is 14.4 Å². The van der Waals surface area contributed by atoms with Crippen LogP contribution in [0.15, 0.2) is 97.5 Å². The van der Waals surface area contributed by atoms with Gasteiger partial charge in [0.1, 0.15) is 23.0 Å². The van der Waals surface area contributed by atoms with E-state index in [1.165, 1.54) is 20.4 Å². The highest BCUT2D eigenvalue weighted by Gasteiger charge is 2.70. The molecule has 0 unspecified atom stereocenters. The quantitative estimate of drug-likeness (QED) is 0.330. The molecule has 1 fully saturated rings. The number of fused-ring (bicyclic) bond motifs is 6. The number of carbonyl (C=O) groups is 3. The Morgan fingerprint density at radius 1 is 0.929 bits per heavy atom. The van der Waals surface area contributed by atoms with Gasteiger partial charge in [0, 0.05) is 35.9 Å². The van der Waals surface area contributed by atoms with Crippen LogP contribution in [0.5, 0.6) is 11.5 Å². The number of para-hydroxylation sites is 1. The molecule has 0 saturated carbocycles. The maximum absolute atomic E-state index is 14.8. The number of ketones is 2. The fraction of sp³-hybridized carbons (Fsp3) is 0.176. The Balaban J connectivity index is 1.53. The van der Waals surface area contributed by atoms with Gasteiger partial charge < -0.3 is 19.7 Å². The normalized spacial score (nSPS) is 23.1. The van der Waals surface area contributed by atoms with Crippen molar-refractivity contribution in [1.29, 1.82) is 0 Å². The summed E-state index contributed by atoms with van der Waals surface area (Å²) in [5, 5.41) is 3.06. The van der Waals surface area contributed by atoms with Crippen molar-refractivity contribution in [3.63, 3.8) is 0 Å². The number of Topliss-reactive ketones (excluding diaryl/α,β-unsaturated/α-hetero) is 2. The molecule has 4 atom stereocenters. The van der Waals surface area contributed by atoms with E-state index >= 15 is 0 Å². The van der Waals surface area contributed by atoms with Crippen LogP contribution in [0.4, 0.5) is 5.69 Å². The van der Waals surface area contributed by atoms with Crippen molar-refractivity contribution in [3.8, 4) is 11.5 Å². The van der Waals surface area contributed by atoms with Crippen LogP contribution in [0.25, 0.3) is 6.08 Å². The predicted molar refractivity (Wildman–Crippen MR) is 157 cm³/mol. The van der Waals surface area contributed by atoms with Crippen molar-refractivity contribution >= 4 is 29.2 Å². The van der Waals surface area contributed by atoms with Crippen LogP contribution >= 0.6 is 0 Å². The van der Waals surface area contributed by atoms with Crippen molar-refractivity contribution < 1.29 is 23.9 Å². The number of ether oxygens (including phenoxy) is 2. The molecule has 42 heavy (non-hydrogen) atoms. The molecule has 0 bridgehead atoms. The second kappa shape index (κ2) is 9.69. The number of benzene rings is 3. The Morgan fingerprint density at radius 2 is 1.74 bits per heavy atom. The largest absolute Gasteiger partial charge is 0.497 e. The Hall–Kier alpha value is -5.24. The second-order valence-corrected chi connectivity index (χ2v) is 10.6. The summed E-state index contributed by atoms with van der Waals surface area (Å²) >= 11 is 0. The number of amides is 1. The van der Waals surface area contributed by atoms with E-state index in [-0.39, 0.29) is 17.5 Å². The molecule has 8 nitrogen and oxygen atoms in total. The van der Waals surface area contributed by atoms with Crippen LogP contribution in [0.3, 0.4) is 0 Å². The van der Waals surface area contributed by atoms with Crippen molar-refractivity contribution in [2.45, 2.75) is 17.5 Å². The first kappa shape index (κ1) is 25.7. The Labute approximate surface area is 242 Å². The first-order chi connectivity index (χ1) is 20.5. The standard InChI is InChI=1S/C34H27N3O5/c1-41-22-13-14-24(27(18-22)42-2)31(39)29-28(30(38)21-9-7-16-35-19-21)34(25-11-5-6-12-26(25)36-33(34)40)32-23-10-4-3-8-20(23)15-17-37(29)32/h3-19,28-29,32H,1-2H3,(H,36,40)/t28-,29-,32+,34+/m0/s1. The zero-order valence-electron chi connectivity index (χ0n) is 23.0. The molecule has 1 saturated heterocycles. The highest BCUT2D eigenvalue weighted by atomic mass is 16.5. The fourth-order valence-electron chi connectivity index (χ4n) is 7.02. The maximum atomic E-state index is 14.8. The minimum atomic E-state index is -1.41. The summed E-state index contributed by atoms with van der Waals surface area (Å²) < 4.78 is 11.0. The monoisotopic (exact) mass is 557 g/mol. The van der Waals surface area contributed by atoms with Crippen LogP contribution in [0.1, 0.15) is 43.4 Å². The number of nitrogens with one attached hydrogen (secondary N) is 1. The van der Waals surface area contributed by atoms with Gasteiger partial charge in [0.25, 0.3) is 0 Å². The van der Waals surface area contributed by atoms with Crippen LogP contribution in [0.2, 0.25) is 0 Å². The summed E-state index contributed by atoms with van der Waals surface area (Å²) in [6.45, 7) is 0. The molecule has 0 aliphatic carbocycles. The number of methoxy groups -OCH3 is 2. The van der Waals surface area contributed by atoms with E-state index in [1.54, 1.807) is 36.5 Å². The third-order valence-corrected chi connectivity index (χ3v) is 8.74. The van der Waals surface area contributed by atoms with Gasteiger partial charge in [-0.25, -0.2) is 0 Å². The highest BCUT2D eigenvalue weighted by Crippen LogP contribution is 2.62. The lowest BCUT2D eigenvalue weighted by Gasteiger charge is -2.38. The van der Waals surface area contributed by atoms with Crippen molar-refractivity contribution in [2.24, 2.45) is 5.92 Å². The van der Waals surface area contributed by atoms with Gasteiger partial charge in [0.05, 0.1) is 31.7 Å². The molecule has 7 rings (SSSR count). The SMILES string of the molecule is COc1ccc(C(=O)[C@@H]2[C@@H](C(=O)c3cccnc3)[C@@]3(C(=O)Nc4ccccc43)[C@H]3c4ccccc4C=CN23)c(OC)c1. The molecule has 0 radical (unpaired) electrons. The van der Waals surface area contributed by atoms with E-state index in [0.717, 1.165) is 11.1 Å². The molecule has 3 aliphatic rings. The van der Waals surface area contributed by atoms with E-state index in [2.05, 4.69) is 10.3 Å². The Kier molecular flexibility index (Phi) is 5.93. The van der Waals surface area contributed by atoms with Crippen molar-refractivity contribution in [1.82, 2.24) is 9.88 Å². The number of pyridine rings is 1. The molecule has 1 N–H and O–H groups in total. The van der Waals surface area contributed by atoms with Gasteiger partial charge in [-0.3, -0.25) is 19.4 Å². The molecule has 8 heteroatoms. The molecule has 3 aromatic carbocycles. The molecule has 1 aromatic heterocycles. The van der Waals surface area contributed by atoms with E-state index in [4.69, 9.17) is 9.47 Å². The minimum absolute atomic E-state index is 0.294. The van der Waals surface area contributed by atoms with Crippen LogP contribution in [-0.2, 0) is 10.2 Å². The summed E-state index contributed by atoms with van der Waals surface area (Å²) in [5.41, 5.74) is 2.33. The first-order valence-corrected chi connectivity index (χ1v) is 13.7. The average Bonchev–Trinajstić information content (AvgIpc) is 3.52. The molecule has 3 aliphatic heterocycles. The van der Waals surface area contributed by atoms with Crippen LogP contribution in [0, 0.1) is 5.92 Å². The number of anilines is 1. The number of nitrogens with zero attached hydrogens (tertiary/aromatic N) is 2. The van der Waals surface area contributed by atoms with Gasteiger partial charge in [-0.2, -0.15) is 0 Å². The molecule has 1 amide bonds. The topological polar surface area (TPSA) is 97.8 Å². The predicted octanol–water partition coefficient (Wildman–Crippen LogP) is 5.08. The number of hydrogen-bond acceptors (Lipinski definition) is 7. The fourth-order valence-corrected chi connectivity index (χ4v) is 7.02. The smallest absolute Gasteiger partial charge is 0.238 e. The third-order valence-electron chi connectivity index (χ3n) is 8.74. The number of carbonyl (C=O) groups excluding carboxylic acids is 3. The average molecular weight is 558 g/mol. The van der Waals surface area contributed by atoms with Crippen molar-refractivity contribution in [2.75, 3.05) is 19.5 Å².